The molecule has 0 aromatic carbocycles. The lowest BCUT2D eigenvalue weighted by atomic mass is 10.0. The van der Waals surface area contributed by atoms with Crippen LogP contribution in [0.1, 0.15) is 13.8 Å². The van der Waals surface area contributed by atoms with Gasteiger partial charge in [0.2, 0.25) is 5.95 Å². The highest BCUT2D eigenvalue weighted by Crippen LogP contribution is 2.16. The summed E-state index contributed by atoms with van der Waals surface area (Å²) in [6.45, 7) is 5.24. The smallest absolute Gasteiger partial charge is 0.223 e. The molecule has 1 aromatic heterocycles. The van der Waals surface area contributed by atoms with Crippen molar-refractivity contribution < 1.29 is 0 Å². The van der Waals surface area contributed by atoms with Gasteiger partial charge >= 0.3 is 0 Å². The fourth-order valence-electron chi connectivity index (χ4n) is 1.52. The number of anilines is 2. The molecule has 0 fully saturated rings. The van der Waals surface area contributed by atoms with Crippen molar-refractivity contribution in [1.82, 2.24) is 14.9 Å². The maximum atomic E-state index is 5.84. The van der Waals surface area contributed by atoms with Crippen LogP contribution in [0.4, 0.5) is 11.8 Å². The Hall–Kier alpha value is -1.07. The van der Waals surface area contributed by atoms with Gasteiger partial charge < -0.3 is 16.0 Å². The van der Waals surface area contributed by atoms with Gasteiger partial charge in [0.25, 0.3) is 0 Å². The maximum absolute atomic E-state index is 5.84. The predicted octanol–water partition coefficient (Wildman–Crippen LogP) is 1.71. The molecular weight excluding hydrogens is 238 g/mol. The fourth-order valence-corrected chi connectivity index (χ4v) is 1.71. The van der Waals surface area contributed by atoms with Crippen LogP contribution < -0.4 is 11.1 Å². The van der Waals surface area contributed by atoms with Gasteiger partial charge in [0.1, 0.15) is 11.0 Å². The summed E-state index contributed by atoms with van der Waals surface area (Å²) < 4.78 is 0. The van der Waals surface area contributed by atoms with Crippen LogP contribution in [0.3, 0.4) is 0 Å². The molecule has 1 rings (SSSR count). The first-order valence-corrected chi connectivity index (χ1v) is 5.97. The summed E-state index contributed by atoms with van der Waals surface area (Å²) in [6.07, 6.45) is 0. The van der Waals surface area contributed by atoms with Crippen molar-refractivity contribution in [2.45, 2.75) is 19.9 Å². The zero-order chi connectivity index (χ0) is 13.0. The number of rotatable bonds is 5. The zero-order valence-electron chi connectivity index (χ0n) is 10.7. The van der Waals surface area contributed by atoms with Gasteiger partial charge in [-0.3, -0.25) is 0 Å². The number of nitrogen functional groups attached to an aromatic ring is 1. The number of nitrogens with one attached hydrogen (secondary N) is 1. The molecule has 0 aliphatic heterocycles. The number of nitrogens with zero attached hydrogens (tertiary/aromatic N) is 3. The first kappa shape index (κ1) is 14.0. The fraction of sp³-hybridized carbons (Fsp3) is 0.636. The van der Waals surface area contributed by atoms with Crippen molar-refractivity contribution in [3.63, 3.8) is 0 Å². The van der Waals surface area contributed by atoms with Gasteiger partial charge in [0.15, 0.2) is 0 Å². The molecule has 1 heterocycles. The molecule has 96 valence electrons. The Morgan fingerprint density at radius 3 is 2.53 bits per heavy atom. The third-order valence-electron chi connectivity index (χ3n) is 2.41. The summed E-state index contributed by atoms with van der Waals surface area (Å²) in [6, 6.07) is 1.97. The van der Waals surface area contributed by atoms with Gasteiger partial charge in [-0.15, -0.1) is 0 Å². The Labute approximate surface area is 107 Å². The lowest BCUT2D eigenvalue weighted by Gasteiger charge is -2.26. The van der Waals surface area contributed by atoms with Crippen molar-refractivity contribution in [1.29, 1.82) is 0 Å². The monoisotopic (exact) mass is 257 g/mol. The second-order valence-corrected chi connectivity index (χ2v) is 5.08. The Morgan fingerprint density at radius 2 is 2.06 bits per heavy atom. The molecular formula is C11H20ClN5. The maximum Gasteiger partial charge on any atom is 0.223 e. The van der Waals surface area contributed by atoms with Crippen molar-refractivity contribution in [3.05, 3.63) is 11.2 Å². The minimum absolute atomic E-state index is 0.187. The first-order chi connectivity index (χ1) is 7.88. The first-order valence-electron chi connectivity index (χ1n) is 5.60. The number of likely N-dealkylation sites (N-methyl/N-ethyl adjacent to an activating group) is 1. The molecule has 0 aliphatic carbocycles. The van der Waals surface area contributed by atoms with E-state index in [-0.39, 0.29) is 12.0 Å². The van der Waals surface area contributed by atoms with Crippen LogP contribution >= 0.6 is 11.6 Å². The Kier molecular flexibility index (Phi) is 4.96. The lowest BCUT2D eigenvalue weighted by molar-refractivity contribution is 0.344. The van der Waals surface area contributed by atoms with E-state index in [1.807, 2.05) is 14.1 Å². The van der Waals surface area contributed by atoms with Crippen LogP contribution in [0, 0.1) is 5.92 Å². The molecule has 0 amide bonds. The van der Waals surface area contributed by atoms with Gasteiger partial charge in [0.05, 0.1) is 0 Å². The number of hydrogen-bond donors (Lipinski definition) is 2. The predicted molar refractivity (Wildman–Crippen MR) is 72.3 cm³/mol. The molecule has 1 aromatic rings. The Balaban J connectivity index is 2.78. The SMILES string of the molecule is CC(C)C(CN(C)C)Nc1cc(Cl)nc(N)n1. The number of aromatic nitrogens is 2. The largest absolute Gasteiger partial charge is 0.368 e. The molecule has 17 heavy (non-hydrogen) atoms. The highest BCUT2D eigenvalue weighted by atomic mass is 35.5. The lowest BCUT2D eigenvalue weighted by Crippen LogP contribution is -2.36. The summed E-state index contributed by atoms with van der Waals surface area (Å²) in [5, 5.41) is 3.69. The Bertz CT molecular complexity index is 347. The molecule has 0 saturated heterocycles. The normalized spacial score (nSPS) is 13.1. The molecule has 1 unspecified atom stereocenters. The van der Waals surface area contributed by atoms with Crippen molar-refractivity contribution in [2.75, 3.05) is 31.7 Å². The summed E-state index contributed by atoms with van der Waals surface area (Å²) in [5.41, 5.74) is 5.56. The third-order valence-corrected chi connectivity index (χ3v) is 2.61. The molecule has 1 atom stereocenters. The minimum atomic E-state index is 0.187. The molecule has 0 radical (unpaired) electrons. The third kappa shape index (κ3) is 4.75. The highest BCUT2D eigenvalue weighted by Gasteiger charge is 2.15. The topological polar surface area (TPSA) is 67.1 Å². The minimum Gasteiger partial charge on any atom is -0.368 e. The van der Waals surface area contributed by atoms with E-state index in [1.165, 1.54) is 0 Å². The molecule has 0 aliphatic rings. The van der Waals surface area contributed by atoms with Gasteiger partial charge in [-0.25, -0.2) is 4.98 Å². The summed E-state index contributed by atoms with van der Waals surface area (Å²) in [5.74, 6) is 1.34. The van der Waals surface area contributed by atoms with Crippen LogP contribution in [0.25, 0.3) is 0 Å². The average molecular weight is 258 g/mol. The van der Waals surface area contributed by atoms with E-state index in [9.17, 15) is 0 Å². The van der Waals surface area contributed by atoms with E-state index in [2.05, 4.69) is 34.0 Å². The standard InChI is InChI=1S/C11H20ClN5/c1-7(2)8(6-17(3)4)14-10-5-9(12)15-11(13)16-10/h5,7-8H,6H2,1-4H3,(H3,13,14,15,16). The Morgan fingerprint density at radius 1 is 1.41 bits per heavy atom. The highest BCUT2D eigenvalue weighted by molar-refractivity contribution is 6.29. The van der Waals surface area contributed by atoms with Crippen molar-refractivity contribution >= 4 is 23.4 Å². The van der Waals surface area contributed by atoms with Crippen molar-refractivity contribution in [3.8, 4) is 0 Å². The van der Waals surface area contributed by atoms with Gasteiger partial charge in [-0.1, -0.05) is 25.4 Å². The van der Waals surface area contributed by atoms with Crippen LogP contribution in [0.5, 0.6) is 0 Å². The summed E-state index contributed by atoms with van der Waals surface area (Å²) >= 11 is 5.84. The van der Waals surface area contributed by atoms with Crippen LogP contribution in [-0.4, -0.2) is 41.5 Å². The molecule has 0 saturated carbocycles. The number of halogens is 1. The quantitative estimate of drug-likeness (QED) is 0.786. The van der Waals surface area contributed by atoms with Crippen LogP contribution in [-0.2, 0) is 0 Å². The zero-order valence-corrected chi connectivity index (χ0v) is 11.5. The van der Waals surface area contributed by atoms with E-state index >= 15 is 0 Å². The number of hydrogen-bond acceptors (Lipinski definition) is 5. The molecule has 3 N–H and O–H groups in total. The van der Waals surface area contributed by atoms with Gasteiger partial charge in [-0.05, 0) is 20.0 Å². The van der Waals surface area contributed by atoms with Crippen LogP contribution in [0.2, 0.25) is 5.15 Å². The van der Waals surface area contributed by atoms with E-state index < -0.39 is 0 Å². The van der Waals surface area contributed by atoms with E-state index in [1.54, 1.807) is 6.07 Å². The second-order valence-electron chi connectivity index (χ2n) is 4.69. The summed E-state index contributed by atoms with van der Waals surface area (Å²) in [4.78, 5) is 10.1. The molecule has 6 heteroatoms. The van der Waals surface area contributed by atoms with Gasteiger partial charge in [-0.2, -0.15) is 4.98 Å². The average Bonchev–Trinajstić information content (AvgIpc) is 2.13. The summed E-state index contributed by atoms with van der Waals surface area (Å²) in [7, 11) is 4.08. The molecule has 5 nitrogen and oxygen atoms in total. The molecule has 0 spiro atoms. The molecule has 0 bridgehead atoms. The van der Waals surface area contributed by atoms with Crippen LogP contribution in [0.15, 0.2) is 6.07 Å². The second kappa shape index (κ2) is 6.02. The van der Waals surface area contributed by atoms with E-state index in [0.29, 0.717) is 16.9 Å². The van der Waals surface area contributed by atoms with E-state index in [4.69, 9.17) is 17.3 Å². The van der Waals surface area contributed by atoms with Gasteiger partial charge in [0, 0.05) is 18.7 Å². The van der Waals surface area contributed by atoms with Crippen molar-refractivity contribution in [2.24, 2.45) is 5.92 Å². The van der Waals surface area contributed by atoms with E-state index in [0.717, 1.165) is 6.54 Å². The number of nitrogens with two attached hydrogens (primary N) is 1.